The molecule has 2 rings (SSSR count). The van der Waals surface area contributed by atoms with Gasteiger partial charge in [-0.25, -0.2) is 0 Å². The first kappa shape index (κ1) is 15.3. The van der Waals surface area contributed by atoms with Crippen LogP contribution in [0.5, 0.6) is 0 Å². The maximum Gasteiger partial charge on any atom is 0.293 e. The number of hydrogen-bond acceptors (Lipinski definition) is 3. The molecule has 1 heterocycles. The minimum Gasteiger partial charge on any atom is -0.336 e. The van der Waals surface area contributed by atoms with Gasteiger partial charge in [0.15, 0.2) is 0 Å². The van der Waals surface area contributed by atoms with Gasteiger partial charge in [-0.15, -0.1) is 0 Å². The molecule has 1 aliphatic rings. The third-order valence-corrected chi connectivity index (χ3v) is 3.48. The molecule has 1 aromatic carbocycles. The van der Waals surface area contributed by atoms with Crippen molar-refractivity contribution in [3.05, 3.63) is 46.5 Å². The van der Waals surface area contributed by atoms with Crippen molar-refractivity contribution in [1.29, 1.82) is 5.26 Å². The van der Waals surface area contributed by atoms with Crippen molar-refractivity contribution in [3.63, 3.8) is 0 Å². The van der Waals surface area contributed by atoms with Crippen molar-refractivity contribution in [2.45, 2.75) is 20.3 Å². The molecule has 1 radical (unpaired) electrons. The molecule has 1 aliphatic heterocycles. The molecular weight excluding hydrogens is 259 g/mol. The summed E-state index contributed by atoms with van der Waals surface area (Å²) in [5.74, 6) is 0. The van der Waals surface area contributed by atoms with Gasteiger partial charge < -0.3 is 9.61 Å². The highest BCUT2D eigenvalue weighted by Gasteiger charge is 2.15. The largest absolute Gasteiger partial charge is 0.336 e. The van der Waals surface area contributed by atoms with Crippen molar-refractivity contribution in [2.24, 2.45) is 0 Å². The van der Waals surface area contributed by atoms with Gasteiger partial charge >= 0.3 is 0 Å². The number of allylic oxidation sites excluding steroid dienone is 1. The SMILES string of the molecule is CC(C)=Cc1ccc(C#N)c(C2=CCN([B]C=O)CC2)c1. The zero-order chi connectivity index (χ0) is 15.2. The predicted octanol–water partition coefficient (Wildman–Crippen LogP) is 2.88. The van der Waals surface area contributed by atoms with Crippen LogP contribution in [0.15, 0.2) is 29.8 Å². The lowest BCUT2D eigenvalue weighted by Crippen LogP contribution is -2.32. The molecule has 0 unspecified atom stereocenters. The van der Waals surface area contributed by atoms with E-state index >= 15 is 0 Å². The Morgan fingerprint density at radius 3 is 2.81 bits per heavy atom. The van der Waals surface area contributed by atoms with Crippen LogP contribution >= 0.6 is 0 Å². The molecule has 0 saturated carbocycles. The van der Waals surface area contributed by atoms with Gasteiger partial charge in [0.25, 0.3) is 7.41 Å². The molecule has 0 fully saturated rings. The number of nitrogens with zero attached hydrogens (tertiary/aromatic N) is 2. The fourth-order valence-corrected chi connectivity index (χ4v) is 2.50. The lowest BCUT2D eigenvalue weighted by Gasteiger charge is -2.24. The maximum absolute atomic E-state index is 10.5. The van der Waals surface area contributed by atoms with Crippen molar-refractivity contribution in [2.75, 3.05) is 13.1 Å². The van der Waals surface area contributed by atoms with E-state index in [1.807, 2.05) is 16.9 Å². The van der Waals surface area contributed by atoms with E-state index in [9.17, 15) is 10.1 Å². The van der Waals surface area contributed by atoms with E-state index in [2.05, 4.69) is 38.1 Å². The van der Waals surface area contributed by atoms with E-state index in [1.165, 1.54) is 11.1 Å². The van der Waals surface area contributed by atoms with Gasteiger partial charge in [0.2, 0.25) is 0 Å². The van der Waals surface area contributed by atoms with Crippen molar-refractivity contribution in [1.82, 2.24) is 4.81 Å². The molecule has 1 aromatic rings. The lowest BCUT2D eigenvalue weighted by molar-refractivity contribution is 0.487. The Morgan fingerprint density at radius 1 is 1.43 bits per heavy atom. The minimum absolute atomic E-state index is 0.708. The topological polar surface area (TPSA) is 44.1 Å². The number of nitriles is 1. The minimum atomic E-state index is 0.708. The molecule has 3 nitrogen and oxygen atoms in total. The normalized spacial score (nSPS) is 14.8. The van der Waals surface area contributed by atoms with E-state index in [0.29, 0.717) is 12.1 Å². The number of hydrogen-bond donors (Lipinski definition) is 0. The van der Waals surface area contributed by atoms with Crippen molar-refractivity contribution in [3.8, 4) is 6.07 Å². The average molecular weight is 277 g/mol. The van der Waals surface area contributed by atoms with Gasteiger partial charge in [0.05, 0.1) is 17.8 Å². The summed E-state index contributed by atoms with van der Waals surface area (Å²) in [5, 5.41) is 9.30. The fourth-order valence-electron chi connectivity index (χ4n) is 2.50. The molecule has 0 spiro atoms. The summed E-state index contributed by atoms with van der Waals surface area (Å²) < 4.78 is 0. The Hall–Kier alpha value is -2.12. The second-order valence-electron chi connectivity index (χ2n) is 5.40. The molecule has 105 valence electrons. The van der Waals surface area contributed by atoms with Gasteiger partial charge in [-0.1, -0.05) is 23.8 Å². The van der Waals surface area contributed by atoms with Gasteiger partial charge in [0, 0.05) is 6.54 Å². The number of carbonyl (C=O) groups is 1. The first-order chi connectivity index (χ1) is 10.1. The van der Waals surface area contributed by atoms with Crippen LogP contribution in [-0.2, 0) is 4.79 Å². The Morgan fingerprint density at radius 2 is 2.24 bits per heavy atom. The van der Waals surface area contributed by atoms with E-state index in [1.54, 1.807) is 7.41 Å². The molecule has 0 atom stereocenters. The maximum atomic E-state index is 10.5. The third-order valence-electron chi connectivity index (χ3n) is 3.48. The molecule has 0 amide bonds. The van der Waals surface area contributed by atoms with Crippen LogP contribution in [0.3, 0.4) is 0 Å². The molecule has 4 heteroatoms. The van der Waals surface area contributed by atoms with Crippen molar-refractivity contribution >= 4 is 25.2 Å². The van der Waals surface area contributed by atoms with Gasteiger partial charge in [-0.2, -0.15) is 5.26 Å². The van der Waals surface area contributed by atoms with Gasteiger partial charge in [-0.3, -0.25) is 0 Å². The highest BCUT2D eigenvalue weighted by molar-refractivity contribution is 6.64. The Kier molecular flexibility index (Phi) is 5.13. The first-order valence-corrected chi connectivity index (χ1v) is 7.05. The van der Waals surface area contributed by atoms with Crippen LogP contribution in [0.25, 0.3) is 11.6 Å². The number of rotatable bonds is 4. The summed E-state index contributed by atoms with van der Waals surface area (Å²) in [6.45, 7) is 5.64. The molecule has 0 N–H and O–H groups in total. The molecule has 0 aliphatic carbocycles. The van der Waals surface area contributed by atoms with Crippen LogP contribution in [-0.4, -0.2) is 31.5 Å². The molecule has 0 aromatic heterocycles. The summed E-state index contributed by atoms with van der Waals surface area (Å²) >= 11 is 0. The Labute approximate surface area is 126 Å². The summed E-state index contributed by atoms with van der Waals surface area (Å²) in [5.41, 5.74) is 5.26. The zero-order valence-corrected chi connectivity index (χ0v) is 12.5. The van der Waals surface area contributed by atoms with Crippen LogP contribution in [0.2, 0.25) is 0 Å². The standard InChI is InChI=1S/C17H18BN2O/c1-13(2)9-14-3-4-16(11-19)17(10-14)15-5-7-20(8-6-15)18-12-21/h3-5,9-10,12H,6-8H2,1-2H3. The second-order valence-corrected chi connectivity index (χ2v) is 5.40. The fraction of sp³-hybridized carbons (Fsp3) is 0.294. The van der Waals surface area contributed by atoms with Crippen LogP contribution in [0.4, 0.5) is 0 Å². The van der Waals surface area contributed by atoms with Gasteiger partial charge in [0.1, 0.15) is 0 Å². The number of carbonyl (C=O) groups excluding carboxylic acids is 1. The van der Waals surface area contributed by atoms with E-state index < -0.39 is 0 Å². The second kappa shape index (κ2) is 7.05. The quantitative estimate of drug-likeness (QED) is 0.628. The highest BCUT2D eigenvalue weighted by Crippen LogP contribution is 2.26. The number of benzene rings is 1. The summed E-state index contributed by atoms with van der Waals surface area (Å²) in [4.78, 5) is 12.5. The highest BCUT2D eigenvalue weighted by atomic mass is 16.1. The zero-order valence-electron chi connectivity index (χ0n) is 12.5. The Bertz CT molecular complexity index is 637. The van der Waals surface area contributed by atoms with E-state index in [4.69, 9.17) is 0 Å². The van der Waals surface area contributed by atoms with E-state index in [0.717, 1.165) is 30.3 Å². The van der Waals surface area contributed by atoms with Crippen LogP contribution < -0.4 is 0 Å². The smallest absolute Gasteiger partial charge is 0.293 e. The molecular formula is C17H18BN2O. The van der Waals surface area contributed by atoms with Gasteiger partial charge in [-0.05, 0) is 55.6 Å². The lowest BCUT2D eigenvalue weighted by atomic mass is 9.88. The summed E-state index contributed by atoms with van der Waals surface area (Å²) in [6, 6.07) is 8.21. The van der Waals surface area contributed by atoms with Crippen molar-refractivity contribution < 1.29 is 4.79 Å². The van der Waals surface area contributed by atoms with Crippen LogP contribution in [0.1, 0.15) is 37.0 Å². The molecule has 21 heavy (non-hydrogen) atoms. The molecule has 0 bridgehead atoms. The summed E-state index contributed by atoms with van der Waals surface area (Å²) in [7, 11) is 1.57. The average Bonchev–Trinajstić information content (AvgIpc) is 2.48. The molecule has 0 saturated heterocycles. The first-order valence-electron chi connectivity index (χ1n) is 7.05. The third kappa shape index (κ3) is 3.93. The monoisotopic (exact) mass is 277 g/mol. The predicted molar refractivity (Wildman–Crippen MR) is 87.2 cm³/mol. The van der Waals surface area contributed by atoms with Crippen LogP contribution in [0, 0.1) is 11.3 Å². The van der Waals surface area contributed by atoms with E-state index in [-0.39, 0.29) is 0 Å². The summed E-state index contributed by atoms with van der Waals surface area (Å²) in [6.07, 6.45) is 5.87. The Balaban J connectivity index is 2.32.